The molecule has 3 aliphatic rings. The van der Waals surface area contributed by atoms with Crippen molar-refractivity contribution in [2.24, 2.45) is 23.5 Å². The molecule has 4 rings (SSSR count). The summed E-state index contributed by atoms with van der Waals surface area (Å²) < 4.78 is 0. The molecule has 1 saturated carbocycles. The van der Waals surface area contributed by atoms with Crippen LogP contribution < -0.4 is 16.0 Å². The minimum Gasteiger partial charge on any atom is -0.369 e. The van der Waals surface area contributed by atoms with Gasteiger partial charge >= 0.3 is 0 Å². The van der Waals surface area contributed by atoms with Crippen molar-refractivity contribution in [2.45, 2.75) is 38.5 Å². The molecule has 0 bridgehead atoms. The van der Waals surface area contributed by atoms with Crippen LogP contribution in [0.25, 0.3) is 0 Å². The van der Waals surface area contributed by atoms with E-state index in [1.165, 1.54) is 6.20 Å². The lowest BCUT2D eigenvalue weighted by molar-refractivity contribution is -0.142. The Kier molecular flexibility index (Phi) is 5.69. The van der Waals surface area contributed by atoms with Crippen molar-refractivity contribution in [2.75, 3.05) is 29.9 Å². The first-order chi connectivity index (χ1) is 14.4. The van der Waals surface area contributed by atoms with Crippen LogP contribution in [0.4, 0.5) is 11.5 Å². The minimum absolute atomic E-state index is 0.181. The Bertz CT molecular complexity index is 831. The maximum atomic E-state index is 12.5. The summed E-state index contributed by atoms with van der Waals surface area (Å²) in [5, 5.41) is 2.71. The Labute approximate surface area is 175 Å². The van der Waals surface area contributed by atoms with Gasteiger partial charge in [0.2, 0.25) is 23.6 Å². The van der Waals surface area contributed by atoms with E-state index in [0.29, 0.717) is 18.1 Å². The van der Waals surface area contributed by atoms with E-state index >= 15 is 0 Å². The van der Waals surface area contributed by atoms with Crippen LogP contribution in [-0.4, -0.2) is 53.1 Å². The summed E-state index contributed by atoms with van der Waals surface area (Å²) in [4.78, 5) is 56.4. The highest BCUT2D eigenvalue weighted by molar-refractivity contribution is 6.08. The number of piperidine rings is 1. The maximum Gasteiger partial charge on any atom is 0.244 e. The molecule has 9 nitrogen and oxygen atoms in total. The van der Waals surface area contributed by atoms with Crippen molar-refractivity contribution in [1.29, 1.82) is 0 Å². The van der Waals surface area contributed by atoms with Gasteiger partial charge in [-0.25, -0.2) is 4.98 Å². The fraction of sp³-hybridized carbons (Fsp3) is 0.571. The van der Waals surface area contributed by atoms with Crippen LogP contribution in [0.3, 0.4) is 0 Å². The van der Waals surface area contributed by atoms with Gasteiger partial charge in [0.25, 0.3) is 0 Å². The quantitative estimate of drug-likeness (QED) is 0.691. The van der Waals surface area contributed by atoms with Gasteiger partial charge in [0.05, 0.1) is 29.6 Å². The van der Waals surface area contributed by atoms with E-state index in [1.807, 2.05) is 4.90 Å². The summed E-state index contributed by atoms with van der Waals surface area (Å²) in [6.07, 6.45) is 6.56. The average molecular weight is 413 g/mol. The van der Waals surface area contributed by atoms with E-state index in [0.717, 1.165) is 50.0 Å². The second-order valence-corrected chi connectivity index (χ2v) is 8.40. The molecule has 0 aromatic carbocycles. The third-order valence-electron chi connectivity index (χ3n) is 6.41. The van der Waals surface area contributed by atoms with Crippen LogP contribution in [0, 0.1) is 17.8 Å². The lowest BCUT2D eigenvalue weighted by Gasteiger charge is -2.32. The first-order valence-corrected chi connectivity index (χ1v) is 10.6. The smallest absolute Gasteiger partial charge is 0.244 e. The Morgan fingerprint density at radius 1 is 1.07 bits per heavy atom. The second kappa shape index (κ2) is 8.41. The fourth-order valence-corrected chi connectivity index (χ4v) is 4.80. The molecule has 2 saturated heterocycles. The number of pyridine rings is 1. The van der Waals surface area contributed by atoms with E-state index in [1.54, 1.807) is 12.1 Å². The van der Waals surface area contributed by atoms with Crippen LogP contribution in [0.1, 0.15) is 38.5 Å². The Hall–Kier alpha value is -2.97. The molecule has 3 N–H and O–H groups in total. The number of carbonyl (C=O) groups is 4. The van der Waals surface area contributed by atoms with Crippen LogP contribution >= 0.6 is 0 Å². The first kappa shape index (κ1) is 20.3. The third kappa shape index (κ3) is 4.01. The molecule has 1 aliphatic carbocycles. The highest BCUT2D eigenvalue weighted by Crippen LogP contribution is 2.37. The highest BCUT2D eigenvalue weighted by atomic mass is 16.2. The summed E-state index contributed by atoms with van der Waals surface area (Å²) in [7, 11) is 0. The molecule has 0 spiro atoms. The van der Waals surface area contributed by atoms with Gasteiger partial charge in [-0.1, -0.05) is 12.8 Å². The number of hydrogen-bond donors (Lipinski definition) is 2. The predicted molar refractivity (Wildman–Crippen MR) is 109 cm³/mol. The van der Waals surface area contributed by atoms with E-state index in [2.05, 4.69) is 10.3 Å². The van der Waals surface area contributed by atoms with Crippen molar-refractivity contribution >= 4 is 35.1 Å². The number of carbonyl (C=O) groups excluding carboxylic acids is 4. The van der Waals surface area contributed by atoms with Crippen LogP contribution in [0.2, 0.25) is 0 Å². The molecule has 9 heteroatoms. The topological polar surface area (TPSA) is 126 Å². The zero-order valence-corrected chi connectivity index (χ0v) is 16.9. The molecule has 30 heavy (non-hydrogen) atoms. The lowest BCUT2D eigenvalue weighted by Crippen LogP contribution is -2.41. The lowest BCUT2D eigenvalue weighted by atomic mass is 9.81. The predicted octanol–water partition coefficient (Wildman–Crippen LogP) is 0.897. The summed E-state index contributed by atoms with van der Waals surface area (Å²) in [6.45, 7) is 1.07. The molecule has 4 amide bonds. The number of nitrogens with two attached hydrogens (primary N) is 1. The first-order valence-electron chi connectivity index (χ1n) is 10.6. The number of hydrogen-bond acceptors (Lipinski definition) is 6. The molecule has 0 radical (unpaired) electrons. The van der Waals surface area contributed by atoms with Gasteiger partial charge in [-0.3, -0.25) is 24.1 Å². The Balaban J connectivity index is 1.34. The van der Waals surface area contributed by atoms with E-state index in [-0.39, 0.29) is 42.0 Å². The van der Waals surface area contributed by atoms with Gasteiger partial charge in [-0.15, -0.1) is 0 Å². The molecule has 3 unspecified atom stereocenters. The number of likely N-dealkylation sites (tertiary alicyclic amines) is 1. The van der Waals surface area contributed by atoms with Gasteiger partial charge in [0, 0.05) is 13.1 Å². The summed E-state index contributed by atoms with van der Waals surface area (Å²) in [5.74, 6) is -1.13. The molecule has 3 fully saturated rings. The number of nitrogens with one attached hydrogen (secondary N) is 1. The fourth-order valence-electron chi connectivity index (χ4n) is 4.80. The van der Waals surface area contributed by atoms with Crippen LogP contribution in [-0.2, 0) is 19.2 Å². The minimum atomic E-state index is -0.420. The molecule has 3 heterocycles. The molecule has 1 aromatic heterocycles. The maximum absolute atomic E-state index is 12.5. The van der Waals surface area contributed by atoms with Gasteiger partial charge < -0.3 is 16.0 Å². The Morgan fingerprint density at radius 3 is 2.37 bits per heavy atom. The molecule has 160 valence electrons. The second-order valence-electron chi connectivity index (χ2n) is 8.40. The number of imide groups is 1. The van der Waals surface area contributed by atoms with Crippen molar-refractivity contribution in [3.63, 3.8) is 0 Å². The monoisotopic (exact) mass is 413 g/mol. The van der Waals surface area contributed by atoms with Crippen molar-refractivity contribution < 1.29 is 19.2 Å². The van der Waals surface area contributed by atoms with E-state index in [4.69, 9.17) is 5.73 Å². The molecule has 2 aliphatic heterocycles. The highest BCUT2D eigenvalue weighted by Gasteiger charge is 2.48. The zero-order chi connectivity index (χ0) is 21.3. The molecular weight excluding hydrogens is 386 g/mol. The average Bonchev–Trinajstić information content (AvgIpc) is 2.99. The summed E-state index contributed by atoms with van der Waals surface area (Å²) >= 11 is 0. The number of anilines is 2. The number of fused-ring (bicyclic) bond motifs is 1. The van der Waals surface area contributed by atoms with E-state index < -0.39 is 5.91 Å². The van der Waals surface area contributed by atoms with Crippen LogP contribution in [0.5, 0.6) is 0 Å². The van der Waals surface area contributed by atoms with Gasteiger partial charge in [-0.05, 0) is 37.8 Å². The SMILES string of the molecule is NC(=O)C1CCCN(c2ccc(NC(=O)CN3C(=O)C4CCCCC4C3=O)cn2)C1. The number of amides is 4. The summed E-state index contributed by atoms with van der Waals surface area (Å²) in [6, 6.07) is 3.50. The third-order valence-corrected chi connectivity index (χ3v) is 6.41. The number of aromatic nitrogens is 1. The number of primary amides is 1. The standard InChI is InChI=1S/C21H27N5O4/c22-19(28)13-4-3-9-25(11-13)17-8-7-14(10-23-17)24-18(27)12-26-20(29)15-5-1-2-6-16(15)21(26)30/h7-8,10,13,15-16H,1-6,9,11-12H2,(H2,22,28)(H,24,27). The number of nitrogens with zero attached hydrogens (tertiary/aromatic N) is 3. The molecular formula is C21H27N5O4. The molecule has 1 aromatic rings. The van der Waals surface area contributed by atoms with Gasteiger partial charge in [0.1, 0.15) is 12.4 Å². The van der Waals surface area contributed by atoms with E-state index in [9.17, 15) is 19.2 Å². The largest absolute Gasteiger partial charge is 0.369 e. The van der Waals surface area contributed by atoms with Crippen molar-refractivity contribution in [3.8, 4) is 0 Å². The molecule has 3 atom stereocenters. The van der Waals surface area contributed by atoms with Crippen LogP contribution in [0.15, 0.2) is 18.3 Å². The Morgan fingerprint density at radius 2 is 1.77 bits per heavy atom. The van der Waals surface area contributed by atoms with Gasteiger partial charge in [-0.2, -0.15) is 0 Å². The zero-order valence-electron chi connectivity index (χ0n) is 16.9. The summed E-state index contributed by atoms with van der Waals surface area (Å²) in [5.41, 5.74) is 5.92. The normalized spacial score (nSPS) is 26.5. The van der Waals surface area contributed by atoms with Crippen molar-refractivity contribution in [3.05, 3.63) is 18.3 Å². The van der Waals surface area contributed by atoms with Gasteiger partial charge in [0.15, 0.2) is 0 Å². The van der Waals surface area contributed by atoms with Crippen molar-refractivity contribution in [1.82, 2.24) is 9.88 Å². The number of rotatable bonds is 5.